The molecule has 0 nitrogen and oxygen atoms in total. The summed E-state index contributed by atoms with van der Waals surface area (Å²) in [6, 6.07) is 3.03. The lowest BCUT2D eigenvalue weighted by Gasteiger charge is -2.02. The molecule has 0 N–H and O–H groups in total. The molecule has 1 aromatic rings. The Bertz CT molecular complexity index is 275. The maximum Gasteiger partial charge on any atom is 0.142 e. The van der Waals surface area contributed by atoms with Crippen LogP contribution in [-0.2, 0) is 5.33 Å². The quantitative estimate of drug-likeness (QED) is 0.540. The zero-order valence-electron chi connectivity index (χ0n) is 5.37. The van der Waals surface area contributed by atoms with E-state index in [1.165, 1.54) is 6.07 Å². The van der Waals surface area contributed by atoms with Crippen LogP contribution in [0.4, 0.5) is 4.39 Å². The Balaban J connectivity index is 3.25. The molecule has 0 radical (unpaired) electrons. The first kappa shape index (κ1) is 9.49. The molecule has 4 heteroatoms. The van der Waals surface area contributed by atoms with Gasteiger partial charge in [0.05, 0.1) is 5.02 Å². The van der Waals surface area contributed by atoms with Crippen molar-refractivity contribution in [2.24, 2.45) is 0 Å². The summed E-state index contributed by atoms with van der Waals surface area (Å²) in [5.41, 5.74) is 0.941. The van der Waals surface area contributed by atoms with Crippen LogP contribution < -0.4 is 0 Å². The van der Waals surface area contributed by atoms with E-state index in [1.54, 1.807) is 6.07 Å². The van der Waals surface area contributed by atoms with Crippen LogP contribution in [0.3, 0.4) is 0 Å². The highest BCUT2D eigenvalue weighted by Gasteiger charge is 2.07. The van der Waals surface area contributed by atoms with Gasteiger partial charge in [0.25, 0.3) is 0 Å². The largest absolute Gasteiger partial charge is 0.205 e. The van der Waals surface area contributed by atoms with Crippen molar-refractivity contribution in [1.82, 2.24) is 0 Å². The van der Waals surface area contributed by atoms with Crippen LogP contribution in [-0.4, -0.2) is 0 Å². The molecular formula is C7H4Br2ClF. The second kappa shape index (κ2) is 3.87. The van der Waals surface area contributed by atoms with Gasteiger partial charge in [0.1, 0.15) is 5.82 Å². The summed E-state index contributed by atoms with van der Waals surface area (Å²) in [5.74, 6) is -0.400. The molecule has 0 aliphatic carbocycles. The maximum atomic E-state index is 12.7. The number of hydrogen-bond donors (Lipinski definition) is 0. The lowest BCUT2D eigenvalue weighted by atomic mass is 10.2. The molecule has 0 saturated heterocycles. The molecule has 1 rings (SSSR count). The number of alkyl halides is 1. The number of rotatable bonds is 1. The van der Waals surface area contributed by atoms with E-state index in [9.17, 15) is 4.39 Å². The average Bonchev–Trinajstić information content (AvgIpc) is 2.01. The highest BCUT2D eigenvalue weighted by atomic mass is 79.9. The molecule has 11 heavy (non-hydrogen) atoms. The van der Waals surface area contributed by atoms with Gasteiger partial charge >= 0.3 is 0 Å². The minimum atomic E-state index is -0.400. The molecule has 0 heterocycles. The molecule has 0 unspecified atom stereocenters. The molecule has 0 amide bonds. The van der Waals surface area contributed by atoms with Crippen molar-refractivity contribution in [3.05, 3.63) is 33.0 Å². The smallest absolute Gasteiger partial charge is 0.142 e. The number of halogens is 4. The van der Waals surface area contributed by atoms with Gasteiger partial charge in [-0.25, -0.2) is 4.39 Å². The summed E-state index contributed by atoms with van der Waals surface area (Å²) in [4.78, 5) is 0. The van der Waals surface area contributed by atoms with E-state index < -0.39 is 5.82 Å². The summed E-state index contributed by atoms with van der Waals surface area (Å²) in [5, 5.41) is 0.801. The molecule has 0 aliphatic heterocycles. The van der Waals surface area contributed by atoms with Gasteiger partial charge in [0.15, 0.2) is 0 Å². The first-order valence-corrected chi connectivity index (χ1v) is 5.14. The summed E-state index contributed by atoms with van der Waals surface area (Å²) in [6.07, 6.45) is 0. The fraction of sp³-hybridized carbons (Fsp3) is 0.143. The number of hydrogen-bond acceptors (Lipinski definition) is 0. The predicted octanol–water partition coefficient (Wildman–Crippen LogP) is 4.14. The highest BCUT2D eigenvalue weighted by molar-refractivity contribution is 9.10. The van der Waals surface area contributed by atoms with Crippen molar-refractivity contribution in [3.63, 3.8) is 0 Å². The SMILES string of the molecule is Fc1ccc(CBr)c(Br)c1Cl. The normalized spacial score (nSPS) is 10.2. The minimum Gasteiger partial charge on any atom is -0.205 e. The summed E-state index contributed by atoms with van der Waals surface area (Å²) in [6.45, 7) is 0. The average molecular weight is 302 g/mol. The molecule has 0 atom stereocenters. The standard InChI is InChI=1S/C7H4Br2ClF/c8-3-4-1-2-5(11)7(10)6(4)9/h1-2H,3H2. The first-order valence-electron chi connectivity index (χ1n) is 2.85. The third-order valence-electron chi connectivity index (χ3n) is 1.26. The third-order valence-corrected chi connectivity index (χ3v) is 3.37. The zero-order chi connectivity index (χ0) is 8.43. The zero-order valence-corrected chi connectivity index (χ0v) is 9.30. The molecule has 60 valence electrons. The van der Waals surface area contributed by atoms with Crippen LogP contribution in [0.2, 0.25) is 5.02 Å². The van der Waals surface area contributed by atoms with E-state index in [0.717, 1.165) is 5.56 Å². The van der Waals surface area contributed by atoms with Crippen LogP contribution in [0.1, 0.15) is 5.56 Å². The second-order valence-electron chi connectivity index (χ2n) is 1.97. The molecule has 1 aromatic carbocycles. The highest BCUT2D eigenvalue weighted by Crippen LogP contribution is 2.29. The van der Waals surface area contributed by atoms with Gasteiger partial charge in [-0.2, -0.15) is 0 Å². The topological polar surface area (TPSA) is 0 Å². The van der Waals surface area contributed by atoms with Crippen LogP contribution in [0.15, 0.2) is 16.6 Å². The fourth-order valence-electron chi connectivity index (χ4n) is 0.669. The van der Waals surface area contributed by atoms with Gasteiger partial charge in [0, 0.05) is 9.80 Å². The molecular weight excluding hydrogens is 298 g/mol. The van der Waals surface area contributed by atoms with Crippen LogP contribution in [0.25, 0.3) is 0 Å². The number of benzene rings is 1. The molecule has 0 aromatic heterocycles. The molecule has 0 bridgehead atoms. The lowest BCUT2D eigenvalue weighted by Crippen LogP contribution is -1.84. The lowest BCUT2D eigenvalue weighted by molar-refractivity contribution is 0.627. The predicted molar refractivity (Wildman–Crippen MR) is 51.7 cm³/mol. The Morgan fingerprint density at radius 2 is 2.09 bits per heavy atom. The van der Waals surface area contributed by atoms with Gasteiger partial charge < -0.3 is 0 Å². The van der Waals surface area contributed by atoms with E-state index in [4.69, 9.17) is 11.6 Å². The molecule has 0 spiro atoms. The Morgan fingerprint density at radius 1 is 1.45 bits per heavy atom. The molecule has 0 saturated carbocycles. The van der Waals surface area contributed by atoms with Gasteiger partial charge in [-0.05, 0) is 27.6 Å². The Hall–Kier alpha value is 0.400. The van der Waals surface area contributed by atoms with Gasteiger partial charge in [0.2, 0.25) is 0 Å². The summed E-state index contributed by atoms with van der Waals surface area (Å²) >= 11 is 12.1. The van der Waals surface area contributed by atoms with Crippen LogP contribution in [0.5, 0.6) is 0 Å². The second-order valence-corrected chi connectivity index (χ2v) is 3.70. The van der Waals surface area contributed by atoms with Gasteiger partial charge in [-0.15, -0.1) is 0 Å². The third kappa shape index (κ3) is 1.95. The van der Waals surface area contributed by atoms with Crippen molar-refractivity contribution in [2.45, 2.75) is 5.33 Å². The van der Waals surface area contributed by atoms with Crippen molar-refractivity contribution in [3.8, 4) is 0 Å². The van der Waals surface area contributed by atoms with Crippen molar-refractivity contribution >= 4 is 43.5 Å². The van der Waals surface area contributed by atoms with Gasteiger partial charge in [-0.3, -0.25) is 0 Å². The van der Waals surface area contributed by atoms with Gasteiger partial charge in [-0.1, -0.05) is 33.6 Å². The van der Waals surface area contributed by atoms with Crippen molar-refractivity contribution in [1.29, 1.82) is 0 Å². The van der Waals surface area contributed by atoms with E-state index in [0.29, 0.717) is 9.80 Å². The van der Waals surface area contributed by atoms with E-state index in [1.807, 2.05) is 0 Å². The monoisotopic (exact) mass is 300 g/mol. The maximum absolute atomic E-state index is 12.7. The summed E-state index contributed by atoms with van der Waals surface area (Å²) in [7, 11) is 0. The fourth-order valence-corrected chi connectivity index (χ4v) is 2.16. The van der Waals surface area contributed by atoms with Crippen LogP contribution >= 0.6 is 43.5 Å². The van der Waals surface area contributed by atoms with E-state index in [2.05, 4.69) is 31.9 Å². The van der Waals surface area contributed by atoms with E-state index in [-0.39, 0.29) is 5.02 Å². The van der Waals surface area contributed by atoms with Crippen LogP contribution in [0, 0.1) is 5.82 Å². The first-order chi connectivity index (χ1) is 5.16. The van der Waals surface area contributed by atoms with E-state index >= 15 is 0 Å². The molecule has 0 fully saturated rings. The summed E-state index contributed by atoms with van der Waals surface area (Å²) < 4.78 is 13.3. The Labute approximate surface area is 86.0 Å². The van der Waals surface area contributed by atoms with Crippen molar-refractivity contribution in [2.75, 3.05) is 0 Å². The molecule has 0 aliphatic rings. The minimum absolute atomic E-state index is 0.141. The Kier molecular flexibility index (Phi) is 3.34. The van der Waals surface area contributed by atoms with Crippen molar-refractivity contribution < 1.29 is 4.39 Å². The Morgan fingerprint density at radius 3 is 2.64 bits per heavy atom.